The van der Waals surface area contributed by atoms with Crippen molar-refractivity contribution in [3.8, 4) is 0 Å². The maximum Gasteiger partial charge on any atom is 0.410 e. The average molecular weight is 415 g/mol. The molecule has 1 fully saturated rings. The van der Waals surface area contributed by atoms with Crippen molar-refractivity contribution in [1.29, 1.82) is 0 Å². The number of carbonyl (C=O) groups is 4. The number of carbonyl (C=O) groups excluding carboxylic acids is 4. The fourth-order valence-electron chi connectivity index (χ4n) is 2.75. The fraction of sp³-hybridized carbons (Fsp3) is 0.789. The molecule has 0 unspecified atom stereocenters. The number of amides is 3. The molecule has 0 aliphatic carbocycles. The van der Waals surface area contributed by atoms with Gasteiger partial charge in [-0.3, -0.25) is 4.79 Å². The van der Waals surface area contributed by atoms with Crippen LogP contribution in [0.25, 0.3) is 0 Å². The number of hydrogen-bond acceptors (Lipinski definition) is 7. The Labute approximate surface area is 171 Å². The third kappa shape index (κ3) is 8.16. The number of likely N-dealkylation sites (N-methyl/N-ethyl adjacent to an activating group) is 1. The SMILES string of the molecule is COC(=O)[C@@H]1C[C@@H](NC(=O)OC(C)(C)C)CN1C(=O)CN(C)C(=O)OC(C)(C)C. The fourth-order valence-corrected chi connectivity index (χ4v) is 2.75. The number of methoxy groups -OCH3 is 1. The molecule has 1 aliphatic heterocycles. The zero-order valence-electron chi connectivity index (χ0n) is 18.5. The van der Waals surface area contributed by atoms with Crippen molar-refractivity contribution in [2.24, 2.45) is 0 Å². The molecule has 3 amide bonds. The van der Waals surface area contributed by atoms with E-state index in [0.29, 0.717) is 0 Å². The maximum absolute atomic E-state index is 12.7. The Morgan fingerprint density at radius 3 is 2.07 bits per heavy atom. The lowest BCUT2D eigenvalue weighted by Crippen LogP contribution is -2.47. The van der Waals surface area contributed by atoms with Gasteiger partial charge in [0, 0.05) is 20.0 Å². The topological polar surface area (TPSA) is 114 Å². The molecule has 0 aromatic heterocycles. The van der Waals surface area contributed by atoms with Crippen molar-refractivity contribution >= 4 is 24.1 Å². The van der Waals surface area contributed by atoms with E-state index in [1.807, 2.05) is 0 Å². The van der Waals surface area contributed by atoms with E-state index in [4.69, 9.17) is 14.2 Å². The Bertz CT molecular complexity index is 637. The lowest BCUT2D eigenvalue weighted by atomic mass is 10.1. The molecule has 0 aromatic rings. The van der Waals surface area contributed by atoms with E-state index >= 15 is 0 Å². The van der Waals surface area contributed by atoms with Gasteiger partial charge >= 0.3 is 18.2 Å². The Kier molecular flexibility index (Phi) is 7.88. The van der Waals surface area contributed by atoms with Crippen molar-refractivity contribution < 1.29 is 33.4 Å². The molecular weight excluding hydrogens is 382 g/mol. The highest BCUT2D eigenvalue weighted by Crippen LogP contribution is 2.21. The molecule has 2 atom stereocenters. The summed E-state index contributed by atoms with van der Waals surface area (Å²) in [5.41, 5.74) is -1.37. The van der Waals surface area contributed by atoms with Crippen LogP contribution in [0.5, 0.6) is 0 Å². The van der Waals surface area contributed by atoms with Gasteiger partial charge in [-0.1, -0.05) is 0 Å². The van der Waals surface area contributed by atoms with Gasteiger partial charge in [0.15, 0.2) is 0 Å². The van der Waals surface area contributed by atoms with Crippen LogP contribution in [-0.2, 0) is 23.8 Å². The normalized spacial score (nSPS) is 19.4. The molecule has 1 rings (SSSR count). The van der Waals surface area contributed by atoms with E-state index in [1.54, 1.807) is 41.5 Å². The first kappa shape index (κ1) is 24.5. The minimum atomic E-state index is -0.862. The van der Waals surface area contributed by atoms with Crippen molar-refractivity contribution in [2.45, 2.75) is 71.2 Å². The van der Waals surface area contributed by atoms with Gasteiger partial charge in [0.2, 0.25) is 5.91 Å². The molecule has 1 saturated heterocycles. The summed E-state index contributed by atoms with van der Waals surface area (Å²) >= 11 is 0. The molecule has 166 valence electrons. The molecule has 0 spiro atoms. The summed E-state index contributed by atoms with van der Waals surface area (Å²) in [6.07, 6.45) is -1.09. The first-order valence-electron chi connectivity index (χ1n) is 9.44. The van der Waals surface area contributed by atoms with Crippen LogP contribution in [0.15, 0.2) is 0 Å². The number of ether oxygens (including phenoxy) is 3. The van der Waals surface area contributed by atoms with Crippen LogP contribution in [0.1, 0.15) is 48.0 Å². The number of nitrogens with one attached hydrogen (secondary N) is 1. The first-order valence-corrected chi connectivity index (χ1v) is 9.44. The van der Waals surface area contributed by atoms with Crippen LogP contribution in [0.3, 0.4) is 0 Å². The molecule has 10 nitrogen and oxygen atoms in total. The summed E-state index contributed by atoms with van der Waals surface area (Å²) in [4.78, 5) is 51.4. The molecule has 0 bridgehead atoms. The minimum absolute atomic E-state index is 0.0972. The monoisotopic (exact) mass is 415 g/mol. The van der Waals surface area contributed by atoms with E-state index < -0.39 is 47.3 Å². The second-order valence-corrected chi connectivity index (χ2v) is 9.00. The van der Waals surface area contributed by atoms with E-state index in [9.17, 15) is 19.2 Å². The highest BCUT2D eigenvalue weighted by atomic mass is 16.6. The van der Waals surface area contributed by atoms with Gasteiger partial charge in [0.1, 0.15) is 23.8 Å². The number of alkyl carbamates (subject to hydrolysis) is 1. The second-order valence-electron chi connectivity index (χ2n) is 9.00. The number of likely N-dealkylation sites (tertiary alicyclic amines) is 1. The molecule has 29 heavy (non-hydrogen) atoms. The van der Waals surface area contributed by atoms with Gasteiger partial charge in [-0.25, -0.2) is 14.4 Å². The Morgan fingerprint density at radius 1 is 1.03 bits per heavy atom. The summed E-state index contributed by atoms with van der Waals surface area (Å²) < 4.78 is 15.2. The maximum atomic E-state index is 12.7. The van der Waals surface area contributed by atoms with Gasteiger partial charge in [-0.05, 0) is 41.5 Å². The van der Waals surface area contributed by atoms with Crippen LogP contribution < -0.4 is 5.32 Å². The standard InChI is InChI=1S/C19H33N3O7/c1-18(2,3)28-16(25)20-12-9-13(15(24)27-8)22(10-12)14(23)11-21(7)17(26)29-19(4,5)6/h12-13H,9-11H2,1-8H3,(H,20,25)/t12-,13+/m1/s1. The smallest absolute Gasteiger partial charge is 0.410 e. The summed E-state index contributed by atoms with van der Waals surface area (Å²) in [5, 5.41) is 2.67. The predicted octanol–water partition coefficient (Wildman–Crippen LogP) is 1.52. The number of rotatable bonds is 4. The third-order valence-corrected chi connectivity index (χ3v) is 3.89. The van der Waals surface area contributed by atoms with E-state index in [1.165, 1.54) is 19.1 Å². The van der Waals surface area contributed by atoms with Crippen LogP contribution in [0, 0.1) is 0 Å². The largest absolute Gasteiger partial charge is 0.467 e. The molecule has 0 aromatic carbocycles. The van der Waals surface area contributed by atoms with Crippen LogP contribution >= 0.6 is 0 Å². The van der Waals surface area contributed by atoms with Gasteiger partial charge in [-0.15, -0.1) is 0 Å². The van der Waals surface area contributed by atoms with Gasteiger partial charge in [0.05, 0.1) is 13.2 Å². The molecule has 0 saturated carbocycles. The number of hydrogen-bond donors (Lipinski definition) is 1. The number of nitrogens with zero attached hydrogens (tertiary/aromatic N) is 2. The third-order valence-electron chi connectivity index (χ3n) is 3.89. The molecule has 0 radical (unpaired) electrons. The Hall–Kier alpha value is -2.52. The van der Waals surface area contributed by atoms with Crippen molar-refractivity contribution in [3.63, 3.8) is 0 Å². The Balaban J connectivity index is 2.80. The quantitative estimate of drug-likeness (QED) is 0.547. The van der Waals surface area contributed by atoms with E-state index in [2.05, 4.69) is 5.32 Å². The summed E-state index contributed by atoms with van der Waals surface area (Å²) in [6.45, 7) is 10.2. The lowest BCUT2D eigenvalue weighted by Gasteiger charge is -2.27. The van der Waals surface area contributed by atoms with Crippen molar-refractivity contribution in [3.05, 3.63) is 0 Å². The zero-order chi connectivity index (χ0) is 22.6. The molecule has 1 heterocycles. The predicted molar refractivity (Wildman–Crippen MR) is 104 cm³/mol. The highest BCUT2D eigenvalue weighted by Gasteiger charge is 2.41. The summed E-state index contributed by atoms with van der Waals surface area (Å²) in [6, 6.07) is -1.34. The first-order chi connectivity index (χ1) is 13.1. The molecule has 1 N–H and O–H groups in total. The van der Waals surface area contributed by atoms with Gasteiger partial charge in [-0.2, -0.15) is 0 Å². The second kappa shape index (κ2) is 9.32. The number of esters is 1. The molecular formula is C19H33N3O7. The van der Waals surface area contributed by atoms with E-state index in [-0.39, 0.29) is 19.5 Å². The minimum Gasteiger partial charge on any atom is -0.467 e. The van der Waals surface area contributed by atoms with E-state index in [0.717, 1.165) is 4.90 Å². The summed E-state index contributed by atoms with van der Waals surface area (Å²) in [5.74, 6) is -1.05. The molecule has 1 aliphatic rings. The van der Waals surface area contributed by atoms with Crippen LogP contribution in [0.2, 0.25) is 0 Å². The van der Waals surface area contributed by atoms with Crippen LogP contribution in [0.4, 0.5) is 9.59 Å². The van der Waals surface area contributed by atoms with Crippen molar-refractivity contribution in [1.82, 2.24) is 15.1 Å². The highest BCUT2D eigenvalue weighted by molar-refractivity contribution is 5.88. The van der Waals surface area contributed by atoms with Gasteiger partial charge in [0.25, 0.3) is 0 Å². The lowest BCUT2D eigenvalue weighted by molar-refractivity contribution is -0.151. The average Bonchev–Trinajstić information content (AvgIpc) is 2.94. The van der Waals surface area contributed by atoms with Crippen molar-refractivity contribution in [2.75, 3.05) is 27.2 Å². The van der Waals surface area contributed by atoms with Gasteiger partial charge < -0.3 is 29.3 Å². The molecule has 10 heteroatoms. The van der Waals surface area contributed by atoms with Crippen LogP contribution in [-0.4, -0.2) is 84.4 Å². The Morgan fingerprint density at radius 2 is 1.59 bits per heavy atom. The summed E-state index contributed by atoms with van der Waals surface area (Å²) in [7, 11) is 2.66. The zero-order valence-corrected chi connectivity index (χ0v) is 18.5.